The van der Waals surface area contributed by atoms with E-state index in [0.717, 1.165) is 15.6 Å². The van der Waals surface area contributed by atoms with Gasteiger partial charge in [0, 0.05) is 38.9 Å². The van der Waals surface area contributed by atoms with Crippen LogP contribution in [0.2, 0.25) is 0 Å². The fourth-order valence-corrected chi connectivity index (χ4v) is 3.65. The van der Waals surface area contributed by atoms with Gasteiger partial charge < -0.3 is 11.1 Å². The Morgan fingerprint density at radius 1 is 1.45 bits per heavy atom. The largest absolute Gasteiger partial charge is 0.397 e. The Labute approximate surface area is 124 Å². The molecule has 0 saturated carbocycles. The first-order valence-corrected chi connectivity index (χ1v) is 8.75. The second-order valence-electron chi connectivity index (χ2n) is 4.53. The van der Waals surface area contributed by atoms with Gasteiger partial charge in [0.25, 0.3) is 5.91 Å². The van der Waals surface area contributed by atoms with Crippen molar-refractivity contribution < 1.29 is 9.00 Å². The van der Waals surface area contributed by atoms with Crippen LogP contribution in [0.1, 0.15) is 22.2 Å². The molecule has 0 aliphatic carbocycles. The summed E-state index contributed by atoms with van der Waals surface area (Å²) in [6, 6.07) is 5.95. The summed E-state index contributed by atoms with van der Waals surface area (Å²) in [5, 5.41) is 3.70. The summed E-state index contributed by atoms with van der Waals surface area (Å²) in [6.45, 7) is 4.28. The molecule has 0 saturated heterocycles. The summed E-state index contributed by atoms with van der Waals surface area (Å²) < 4.78 is 12.3. The maximum Gasteiger partial charge on any atom is 0.263 e. The van der Waals surface area contributed by atoms with Gasteiger partial charge in [-0.1, -0.05) is 19.1 Å². The van der Waals surface area contributed by atoms with Gasteiger partial charge in [-0.3, -0.25) is 9.00 Å². The van der Waals surface area contributed by atoms with Crippen LogP contribution < -0.4 is 11.1 Å². The lowest BCUT2D eigenvalue weighted by Gasteiger charge is -2.03. The Hall–Kier alpha value is -1.40. The monoisotopic (exact) mass is 310 g/mol. The molecule has 1 heterocycles. The van der Waals surface area contributed by atoms with Crippen LogP contribution in [0.4, 0.5) is 5.69 Å². The molecule has 2 aromatic rings. The number of carbonyl (C=O) groups is 1. The molecule has 108 valence electrons. The number of rotatable bonds is 5. The van der Waals surface area contributed by atoms with E-state index in [0.29, 0.717) is 28.6 Å². The van der Waals surface area contributed by atoms with Crippen molar-refractivity contribution in [3.05, 3.63) is 28.6 Å². The van der Waals surface area contributed by atoms with E-state index in [1.54, 1.807) is 0 Å². The third kappa shape index (κ3) is 3.19. The number of nitrogens with two attached hydrogens (primary N) is 1. The Bertz CT molecular complexity index is 664. The average Bonchev–Trinajstić information content (AvgIpc) is 2.75. The highest BCUT2D eigenvalue weighted by molar-refractivity contribution is 7.84. The molecule has 0 spiro atoms. The number of carbonyl (C=O) groups excluding carboxylic acids is 1. The lowest BCUT2D eigenvalue weighted by molar-refractivity contribution is 0.0961. The number of hydrogen-bond donors (Lipinski definition) is 2. The Morgan fingerprint density at radius 2 is 2.20 bits per heavy atom. The molecule has 1 amide bonds. The second-order valence-corrected chi connectivity index (χ2v) is 7.45. The molecular weight excluding hydrogens is 292 g/mol. The predicted octanol–water partition coefficient (Wildman–Crippen LogP) is 2.29. The zero-order valence-corrected chi connectivity index (χ0v) is 13.2. The van der Waals surface area contributed by atoms with Crippen molar-refractivity contribution in [1.29, 1.82) is 0 Å². The van der Waals surface area contributed by atoms with E-state index in [9.17, 15) is 9.00 Å². The standard InChI is InChI=1S/C14H18N2O2S2/c1-3-20(18)7-6-16-14(17)13-12(15)10-5-4-9(2)8-11(10)19-13/h4-5,8H,3,6-7,15H2,1-2H3,(H,16,17). The van der Waals surface area contributed by atoms with Crippen molar-refractivity contribution in [2.45, 2.75) is 13.8 Å². The van der Waals surface area contributed by atoms with Crippen molar-refractivity contribution in [3.63, 3.8) is 0 Å². The van der Waals surface area contributed by atoms with Crippen molar-refractivity contribution in [2.75, 3.05) is 23.8 Å². The zero-order chi connectivity index (χ0) is 14.7. The molecule has 6 heteroatoms. The minimum absolute atomic E-state index is 0.186. The molecule has 0 fully saturated rings. The molecule has 2 rings (SSSR count). The van der Waals surface area contributed by atoms with E-state index in [1.807, 2.05) is 32.0 Å². The molecule has 0 aliphatic rings. The number of benzene rings is 1. The minimum atomic E-state index is -0.866. The van der Waals surface area contributed by atoms with Crippen molar-refractivity contribution in [3.8, 4) is 0 Å². The van der Waals surface area contributed by atoms with Crippen molar-refractivity contribution >= 4 is 43.8 Å². The van der Waals surface area contributed by atoms with E-state index in [-0.39, 0.29) is 5.91 Å². The Kier molecular flexibility index (Phi) is 4.77. The van der Waals surface area contributed by atoms with Crippen molar-refractivity contribution in [2.24, 2.45) is 0 Å². The molecular formula is C14H18N2O2S2. The summed E-state index contributed by atoms with van der Waals surface area (Å²) >= 11 is 1.40. The smallest absolute Gasteiger partial charge is 0.263 e. The first kappa shape index (κ1) is 15.0. The quantitative estimate of drug-likeness (QED) is 0.890. The summed E-state index contributed by atoms with van der Waals surface area (Å²) in [5.74, 6) is 0.904. The van der Waals surface area contributed by atoms with Crippen LogP contribution in [0.5, 0.6) is 0 Å². The molecule has 0 radical (unpaired) electrons. The third-order valence-corrected chi connectivity index (χ3v) is 5.50. The summed E-state index contributed by atoms with van der Waals surface area (Å²) in [5.41, 5.74) is 7.71. The predicted molar refractivity (Wildman–Crippen MR) is 86.9 cm³/mol. The fraction of sp³-hybridized carbons (Fsp3) is 0.357. The molecule has 3 N–H and O–H groups in total. The maximum atomic E-state index is 12.1. The van der Waals surface area contributed by atoms with Gasteiger partial charge in [0.05, 0.1) is 5.69 Å². The lowest BCUT2D eigenvalue weighted by Crippen LogP contribution is -2.27. The van der Waals surface area contributed by atoms with E-state index >= 15 is 0 Å². The van der Waals surface area contributed by atoms with Crippen LogP contribution in [0.3, 0.4) is 0 Å². The molecule has 1 aromatic carbocycles. The summed E-state index contributed by atoms with van der Waals surface area (Å²) in [6.07, 6.45) is 0. The topological polar surface area (TPSA) is 72.2 Å². The van der Waals surface area contributed by atoms with Crippen molar-refractivity contribution in [1.82, 2.24) is 5.32 Å². The SMILES string of the molecule is CCS(=O)CCNC(=O)c1sc2cc(C)ccc2c1N. The number of nitrogen functional groups attached to an aromatic ring is 1. The maximum absolute atomic E-state index is 12.1. The fourth-order valence-electron chi connectivity index (χ4n) is 1.90. The first-order valence-electron chi connectivity index (χ1n) is 6.44. The van der Waals surface area contributed by atoms with Crippen LogP contribution in [0, 0.1) is 6.92 Å². The van der Waals surface area contributed by atoms with Gasteiger partial charge in [-0.15, -0.1) is 11.3 Å². The normalized spacial score (nSPS) is 12.5. The highest BCUT2D eigenvalue weighted by Gasteiger charge is 2.16. The number of thiophene rings is 1. The first-order chi connectivity index (χ1) is 9.52. The van der Waals surface area contributed by atoms with E-state index in [2.05, 4.69) is 5.32 Å². The molecule has 1 atom stereocenters. The van der Waals surface area contributed by atoms with Gasteiger partial charge in [0.15, 0.2) is 0 Å². The molecule has 20 heavy (non-hydrogen) atoms. The number of anilines is 1. The van der Waals surface area contributed by atoms with E-state index in [4.69, 9.17) is 5.73 Å². The molecule has 0 bridgehead atoms. The van der Waals surface area contributed by atoms with Crippen LogP contribution in [0.15, 0.2) is 18.2 Å². The molecule has 1 unspecified atom stereocenters. The second kappa shape index (κ2) is 6.37. The number of fused-ring (bicyclic) bond motifs is 1. The van der Waals surface area contributed by atoms with Gasteiger partial charge >= 0.3 is 0 Å². The molecule has 0 aliphatic heterocycles. The van der Waals surface area contributed by atoms with Gasteiger partial charge in [-0.2, -0.15) is 0 Å². The van der Waals surface area contributed by atoms with Crippen LogP contribution in [0.25, 0.3) is 10.1 Å². The van der Waals surface area contributed by atoms with E-state index in [1.165, 1.54) is 11.3 Å². The Morgan fingerprint density at radius 3 is 2.90 bits per heavy atom. The average molecular weight is 310 g/mol. The summed E-state index contributed by atoms with van der Waals surface area (Å²) in [7, 11) is -0.866. The molecule has 4 nitrogen and oxygen atoms in total. The van der Waals surface area contributed by atoms with E-state index < -0.39 is 10.8 Å². The number of hydrogen-bond acceptors (Lipinski definition) is 4. The van der Waals surface area contributed by atoms with Crippen LogP contribution in [-0.4, -0.2) is 28.2 Å². The third-order valence-electron chi connectivity index (χ3n) is 3.03. The lowest BCUT2D eigenvalue weighted by atomic mass is 10.1. The van der Waals surface area contributed by atoms with Gasteiger partial charge in [0.2, 0.25) is 0 Å². The number of nitrogens with one attached hydrogen (secondary N) is 1. The zero-order valence-electron chi connectivity index (χ0n) is 11.6. The molecule has 1 aromatic heterocycles. The van der Waals surface area contributed by atoms with Gasteiger partial charge in [0.1, 0.15) is 4.88 Å². The van der Waals surface area contributed by atoms with Gasteiger partial charge in [-0.05, 0) is 18.6 Å². The Balaban J connectivity index is 2.14. The van der Waals surface area contributed by atoms with Crippen LogP contribution in [-0.2, 0) is 10.8 Å². The number of amides is 1. The highest BCUT2D eigenvalue weighted by Crippen LogP contribution is 2.33. The highest BCUT2D eigenvalue weighted by atomic mass is 32.2. The van der Waals surface area contributed by atoms with Crippen LogP contribution >= 0.6 is 11.3 Å². The minimum Gasteiger partial charge on any atom is -0.397 e. The number of aryl methyl sites for hydroxylation is 1. The van der Waals surface area contributed by atoms with Gasteiger partial charge in [-0.25, -0.2) is 0 Å². The summed E-state index contributed by atoms with van der Waals surface area (Å²) in [4.78, 5) is 12.6.